The highest BCUT2D eigenvalue weighted by Gasteiger charge is 2.22. The van der Waals surface area contributed by atoms with Crippen molar-refractivity contribution >= 4 is 22.8 Å². The third kappa shape index (κ3) is 3.28. The molecule has 2 aliphatic rings. The summed E-state index contributed by atoms with van der Waals surface area (Å²) in [7, 11) is 0. The molecule has 0 saturated heterocycles. The Morgan fingerprint density at radius 3 is 2.62 bits per heavy atom. The summed E-state index contributed by atoms with van der Waals surface area (Å²) in [5, 5.41) is 0. The molecule has 0 bridgehead atoms. The average Bonchev–Trinajstić information content (AvgIpc) is 2.59. The Morgan fingerprint density at radius 1 is 1.21 bits per heavy atom. The second kappa shape index (κ2) is 7.04. The van der Waals surface area contributed by atoms with Gasteiger partial charge in [-0.2, -0.15) is 0 Å². The number of nitrogens with zero attached hydrogens (tertiary/aromatic N) is 3. The molecule has 0 radical (unpaired) electrons. The van der Waals surface area contributed by atoms with E-state index in [1.54, 1.807) is 0 Å². The smallest absolute Gasteiger partial charge is 0.112 e. The zero-order chi connectivity index (χ0) is 17.1. The minimum absolute atomic E-state index is 0.480. The third-order valence-corrected chi connectivity index (χ3v) is 4.53. The van der Waals surface area contributed by atoms with Crippen LogP contribution in [-0.2, 0) is 0 Å². The van der Waals surface area contributed by atoms with Gasteiger partial charge in [-0.1, -0.05) is 6.08 Å². The van der Waals surface area contributed by atoms with Crippen LogP contribution in [0.5, 0.6) is 0 Å². The first-order valence-corrected chi connectivity index (χ1v) is 8.77. The van der Waals surface area contributed by atoms with E-state index in [2.05, 4.69) is 61.0 Å². The number of nitrogens with two attached hydrogens (primary N) is 1. The number of benzene rings is 1. The van der Waals surface area contributed by atoms with Crippen molar-refractivity contribution in [3.8, 4) is 0 Å². The quantitative estimate of drug-likeness (QED) is 0.852. The SMILES string of the molecule is CCN(c1ccc(/N=C2/C(N)=CC=C3CCCN=C32)cc1)C(C)C. The van der Waals surface area contributed by atoms with E-state index in [-0.39, 0.29) is 0 Å². The Kier molecular flexibility index (Phi) is 4.84. The highest BCUT2D eigenvalue weighted by molar-refractivity contribution is 6.54. The van der Waals surface area contributed by atoms with Gasteiger partial charge in [0.05, 0.1) is 17.1 Å². The lowest BCUT2D eigenvalue weighted by molar-refractivity contribution is 0.704. The van der Waals surface area contributed by atoms with Crippen molar-refractivity contribution < 1.29 is 0 Å². The van der Waals surface area contributed by atoms with E-state index in [1.807, 2.05) is 6.08 Å². The molecule has 1 aliphatic carbocycles. The molecular weight excluding hydrogens is 296 g/mol. The van der Waals surface area contributed by atoms with Crippen molar-refractivity contribution in [3.05, 3.63) is 47.7 Å². The number of rotatable bonds is 4. The molecule has 0 unspecified atom stereocenters. The standard InChI is InChI=1S/C20H26N4/c1-4-24(14(2)3)17-10-8-16(9-11-17)23-20-18(21)12-7-15-6-5-13-22-19(15)20/h7-12,14H,4-6,13,21H2,1-3H3/b23-20-. The largest absolute Gasteiger partial charge is 0.397 e. The van der Waals surface area contributed by atoms with Gasteiger partial charge in [-0.15, -0.1) is 0 Å². The van der Waals surface area contributed by atoms with Crippen molar-refractivity contribution in [1.29, 1.82) is 0 Å². The highest BCUT2D eigenvalue weighted by Crippen LogP contribution is 2.25. The number of anilines is 1. The van der Waals surface area contributed by atoms with Gasteiger partial charge in [0.25, 0.3) is 0 Å². The zero-order valence-corrected chi connectivity index (χ0v) is 14.8. The fraction of sp³-hybridized carbons (Fsp3) is 0.400. The maximum absolute atomic E-state index is 6.17. The third-order valence-electron chi connectivity index (χ3n) is 4.53. The number of fused-ring (bicyclic) bond motifs is 1. The number of allylic oxidation sites excluding steroid dienone is 4. The molecule has 1 aromatic carbocycles. The molecule has 0 amide bonds. The Balaban J connectivity index is 1.90. The minimum Gasteiger partial charge on any atom is -0.397 e. The Morgan fingerprint density at radius 2 is 1.96 bits per heavy atom. The van der Waals surface area contributed by atoms with Crippen molar-refractivity contribution in [1.82, 2.24) is 0 Å². The van der Waals surface area contributed by atoms with E-state index < -0.39 is 0 Å². The average molecular weight is 322 g/mol. The summed E-state index contributed by atoms with van der Waals surface area (Å²) >= 11 is 0. The van der Waals surface area contributed by atoms with E-state index in [9.17, 15) is 0 Å². The molecule has 4 nitrogen and oxygen atoms in total. The Hall–Kier alpha value is -2.36. The fourth-order valence-corrected chi connectivity index (χ4v) is 3.29. The van der Waals surface area contributed by atoms with Gasteiger partial charge in [-0.05, 0) is 69.5 Å². The molecule has 3 rings (SSSR count). The zero-order valence-electron chi connectivity index (χ0n) is 14.8. The maximum Gasteiger partial charge on any atom is 0.112 e. The van der Waals surface area contributed by atoms with Crippen LogP contribution in [0.15, 0.2) is 57.7 Å². The summed E-state index contributed by atoms with van der Waals surface area (Å²) in [5.41, 5.74) is 12.0. The minimum atomic E-state index is 0.480. The van der Waals surface area contributed by atoms with E-state index >= 15 is 0 Å². The van der Waals surface area contributed by atoms with Crippen LogP contribution >= 0.6 is 0 Å². The Bertz CT molecular complexity index is 721. The second-order valence-corrected chi connectivity index (χ2v) is 6.50. The summed E-state index contributed by atoms with van der Waals surface area (Å²) in [6.45, 7) is 8.45. The summed E-state index contributed by atoms with van der Waals surface area (Å²) in [6, 6.07) is 8.86. The lowest BCUT2D eigenvalue weighted by Gasteiger charge is -2.27. The molecule has 0 spiro atoms. The number of hydrogen-bond donors (Lipinski definition) is 1. The van der Waals surface area contributed by atoms with Gasteiger partial charge >= 0.3 is 0 Å². The van der Waals surface area contributed by atoms with Crippen LogP contribution in [0.3, 0.4) is 0 Å². The summed E-state index contributed by atoms with van der Waals surface area (Å²) in [6.07, 6.45) is 6.19. The lowest BCUT2D eigenvalue weighted by atomic mass is 9.92. The molecule has 126 valence electrons. The van der Waals surface area contributed by atoms with E-state index in [0.29, 0.717) is 11.7 Å². The van der Waals surface area contributed by atoms with Crippen molar-refractivity contribution in [2.75, 3.05) is 18.0 Å². The van der Waals surface area contributed by atoms with Crippen LogP contribution < -0.4 is 10.6 Å². The van der Waals surface area contributed by atoms with Crippen LogP contribution in [-0.4, -0.2) is 30.6 Å². The van der Waals surface area contributed by atoms with E-state index in [4.69, 9.17) is 10.7 Å². The van der Waals surface area contributed by atoms with Gasteiger partial charge in [0.2, 0.25) is 0 Å². The molecule has 0 aromatic heterocycles. The molecule has 24 heavy (non-hydrogen) atoms. The van der Waals surface area contributed by atoms with Crippen molar-refractivity contribution in [2.45, 2.75) is 39.7 Å². The summed E-state index contributed by atoms with van der Waals surface area (Å²) in [4.78, 5) is 11.8. The highest BCUT2D eigenvalue weighted by atomic mass is 15.1. The monoisotopic (exact) mass is 322 g/mol. The van der Waals surface area contributed by atoms with Gasteiger partial charge in [0, 0.05) is 24.8 Å². The van der Waals surface area contributed by atoms with Gasteiger partial charge in [-0.25, -0.2) is 4.99 Å². The first-order valence-electron chi connectivity index (χ1n) is 8.77. The van der Waals surface area contributed by atoms with Crippen LogP contribution in [0, 0.1) is 0 Å². The van der Waals surface area contributed by atoms with Crippen LogP contribution in [0.4, 0.5) is 11.4 Å². The van der Waals surface area contributed by atoms with Crippen LogP contribution in [0.25, 0.3) is 0 Å². The van der Waals surface area contributed by atoms with Crippen LogP contribution in [0.2, 0.25) is 0 Å². The van der Waals surface area contributed by atoms with Crippen molar-refractivity contribution in [2.24, 2.45) is 15.7 Å². The van der Waals surface area contributed by atoms with E-state index in [1.165, 1.54) is 11.3 Å². The maximum atomic E-state index is 6.17. The van der Waals surface area contributed by atoms with Crippen LogP contribution in [0.1, 0.15) is 33.6 Å². The molecule has 1 aromatic rings. The molecule has 0 atom stereocenters. The Labute approximate surface area is 144 Å². The molecule has 2 N–H and O–H groups in total. The molecule has 1 aliphatic heterocycles. The summed E-state index contributed by atoms with van der Waals surface area (Å²) in [5.74, 6) is 0. The van der Waals surface area contributed by atoms with Gasteiger partial charge in [0.15, 0.2) is 0 Å². The van der Waals surface area contributed by atoms with E-state index in [0.717, 1.165) is 43.0 Å². The molecule has 4 heteroatoms. The predicted molar refractivity (Wildman–Crippen MR) is 104 cm³/mol. The second-order valence-electron chi connectivity index (χ2n) is 6.50. The number of aliphatic imine (C=N–C) groups is 2. The van der Waals surface area contributed by atoms with Crippen molar-refractivity contribution in [3.63, 3.8) is 0 Å². The van der Waals surface area contributed by atoms with Gasteiger partial charge < -0.3 is 10.6 Å². The lowest BCUT2D eigenvalue weighted by Crippen LogP contribution is -2.30. The topological polar surface area (TPSA) is 54.0 Å². The normalized spacial score (nSPS) is 18.8. The van der Waals surface area contributed by atoms with Gasteiger partial charge in [0.1, 0.15) is 5.71 Å². The molecule has 0 fully saturated rings. The van der Waals surface area contributed by atoms with Gasteiger partial charge in [-0.3, -0.25) is 4.99 Å². The first-order chi connectivity index (χ1) is 11.6. The number of hydrogen-bond acceptors (Lipinski definition) is 4. The molecular formula is C20H26N4. The molecule has 0 saturated carbocycles. The molecule has 1 heterocycles. The predicted octanol–water partition coefficient (Wildman–Crippen LogP) is 4.01. The first kappa shape index (κ1) is 16.5. The summed E-state index contributed by atoms with van der Waals surface area (Å²) < 4.78 is 0. The fourth-order valence-electron chi connectivity index (χ4n) is 3.29.